The Morgan fingerprint density at radius 3 is 2.95 bits per heavy atom. The molecule has 1 aromatic rings. The number of methoxy groups -OCH3 is 1. The van der Waals surface area contributed by atoms with Gasteiger partial charge in [0.25, 0.3) is 0 Å². The van der Waals surface area contributed by atoms with E-state index >= 15 is 0 Å². The lowest BCUT2D eigenvalue weighted by Crippen LogP contribution is -2.48. The first-order valence-electron chi connectivity index (χ1n) is 6.57. The number of piperidine rings is 1. The van der Waals surface area contributed by atoms with Crippen molar-refractivity contribution in [3.8, 4) is 0 Å². The van der Waals surface area contributed by atoms with Crippen LogP contribution in [0.3, 0.4) is 0 Å². The van der Waals surface area contributed by atoms with Crippen LogP contribution in [0.25, 0.3) is 0 Å². The molecule has 6 heteroatoms. The first-order valence-corrected chi connectivity index (χ1v) is 6.95. The summed E-state index contributed by atoms with van der Waals surface area (Å²) >= 11 is 6.20. The van der Waals surface area contributed by atoms with E-state index in [1.54, 1.807) is 13.2 Å². The van der Waals surface area contributed by atoms with Gasteiger partial charge in [-0.2, -0.15) is 0 Å². The Labute approximate surface area is 124 Å². The van der Waals surface area contributed by atoms with Crippen molar-refractivity contribution in [1.82, 2.24) is 0 Å². The van der Waals surface area contributed by atoms with Gasteiger partial charge in [-0.15, -0.1) is 0 Å². The van der Waals surface area contributed by atoms with Crippen LogP contribution >= 0.6 is 11.6 Å². The van der Waals surface area contributed by atoms with Crippen LogP contribution in [0.5, 0.6) is 0 Å². The van der Waals surface area contributed by atoms with Crippen LogP contribution in [0.15, 0.2) is 23.4 Å². The molecular formula is C14H20ClN3O2. The third kappa shape index (κ3) is 2.83. The SMILES string of the molecule is COC1(C)CCCN(c2cccc(Cl)c2/C(N)=N/O)C1. The Morgan fingerprint density at radius 2 is 2.30 bits per heavy atom. The Bertz CT molecular complexity index is 521. The zero-order valence-electron chi connectivity index (χ0n) is 11.8. The Balaban J connectivity index is 2.40. The fourth-order valence-electron chi connectivity index (χ4n) is 2.66. The van der Waals surface area contributed by atoms with Gasteiger partial charge in [0.1, 0.15) is 0 Å². The number of oxime groups is 1. The molecule has 110 valence electrons. The number of nitrogens with two attached hydrogens (primary N) is 1. The monoisotopic (exact) mass is 297 g/mol. The summed E-state index contributed by atoms with van der Waals surface area (Å²) in [5.74, 6) is 0.0234. The summed E-state index contributed by atoms with van der Waals surface area (Å²) in [6.45, 7) is 3.73. The van der Waals surface area contributed by atoms with Crippen molar-refractivity contribution in [2.45, 2.75) is 25.4 Å². The molecule has 0 aliphatic carbocycles. The molecule has 1 heterocycles. The molecule has 2 rings (SSSR count). The van der Waals surface area contributed by atoms with Gasteiger partial charge in [-0.25, -0.2) is 0 Å². The molecule has 0 saturated carbocycles. The number of hydrogen-bond acceptors (Lipinski definition) is 4. The van der Waals surface area contributed by atoms with Gasteiger partial charge in [-0.1, -0.05) is 22.8 Å². The molecular weight excluding hydrogens is 278 g/mol. The molecule has 0 aromatic heterocycles. The highest BCUT2D eigenvalue weighted by molar-refractivity contribution is 6.34. The van der Waals surface area contributed by atoms with Crippen LogP contribution in [0.2, 0.25) is 5.02 Å². The molecule has 1 aliphatic rings. The molecule has 0 spiro atoms. The molecule has 1 atom stereocenters. The number of amidine groups is 1. The maximum absolute atomic E-state index is 8.95. The summed E-state index contributed by atoms with van der Waals surface area (Å²) in [5.41, 5.74) is 7.01. The number of nitrogens with zero attached hydrogens (tertiary/aromatic N) is 2. The van der Waals surface area contributed by atoms with Gasteiger partial charge < -0.3 is 20.6 Å². The number of hydrogen-bond donors (Lipinski definition) is 2. The van der Waals surface area contributed by atoms with Crippen molar-refractivity contribution in [2.24, 2.45) is 10.9 Å². The smallest absolute Gasteiger partial charge is 0.173 e. The van der Waals surface area contributed by atoms with E-state index in [4.69, 9.17) is 27.3 Å². The molecule has 5 nitrogen and oxygen atoms in total. The maximum Gasteiger partial charge on any atom is 0.173 e. The number of halogens is 1. The highest BCUT2D eigenvalue weighted by Crippen LogP contribution is 2.32. The molecule has 1 aromatic carbocycles. The fourth-order valence-corrected chi connectivity index (χ4v) is 2.92. The summed E-state index contributed by atoms with van der Waals surface area (Å²) in [6.07, 6.45) is 2.03. The zero-order valence-corrected chi connectivity index (χ0v) is 12.5. The molecule has 0 bridgehead atoms. The second kappa shape index (κ2) is 5.89. The summed E-state index contributed by atoms with van der Waals surface area (Å²) in [5, 5.41) is 12.5. The van der Waals surface area contributed by atoms with Crippen molar-refractivity contribution < 1.29 is 9.94 Å². The minimum absolute atomic E-state index is 0.0234. The zero-order chi connectivity index (χ0) is 14.8. The van der Waals surface area contributed by atoms with Crippen LogP contribution in [0, 0.1) is 0 Å². The molecule has 1 saturated heterocycles. The lowest BCUT2D eigenvalue weighted by Gasteiger charge is -2.41. The van der Waals surface area contributed by atoms with E-state index in [1.807, 2.05) is 12.1 Å². The van der Waals surface area contributed by atoms with Crippen molar-refractivity contribution in [3.05, 3.63) is 28.8 Å². The van der Waals surface area contributed by atoms with Crippen molar-refractivity contribution in [3.63, 3.8) is 0 Å². The quantitative estimate of drug-likeness (QED) is 0.389. The summed E-state index contributed by atoms with van der Waals surface area (Å²) in [4.78, 5) is 2.17. The molecule has 1 fully saturated rings. The maximum atomic E-state index is 8.95. The van der Waals surface area contributed by atoms with E-state index in [1.165, 1.54) is 0 Å². The van der Waals surface area contributed by atoms with Gasteiger partial charge in [0, 0.05) is 25.9 Å². The summed E-state index contributed by atoms with van der Waals surface area (Å²) in [6, 6.07) is 5.53. The van der Waals surface area contributed by atoms with Gasteiger partial charge in [0.05, 0.1) is 16.2 Å². The Morgan fingerprint density at radius 1 is 1.55 bits per heavy atom. The van der Waals surface area contributed by atoms with Crippen molar-refractivity contribution in [1.29, 1.82) is 0 Å². The second-order valence-corrected chi connectivity index (χ2v) is 5.71. The molecule has 3 N–H and O–H groups in total. The van der Waals surface area contributed by atoms with Crippen LogP contribution < -0.4 is 10.6 Å². The number of anilines is 1. The minimum atomic E-state index is -0.192. The van der Waals surface area contributed by atoms with E-state index < -0.39 is 0 Å². The van der Waals surface area contributed by atoms with Gasteiger partial charge >= 0.3 is 0 Å². The van der Waals surface area contributed by atoms with Crippen molar-refractivity contribution >= 4 is 23.1 Å². The average molecular weight is 298 g/mol. The van der Waals surface area contributed by atoms with Crippen LogP contribution in [-0.4, -0.2) is 36.8 Å². The van der Waals surface area contributed by atoms with Gasteiger partial charge in [-0.05, 0) is 31.9 Å². The second-order valence-electron chi connectivity index (χ2n) is 5.30. The van der Waals surface area contributed by atoms with E-state index in [-0.39, 0.29) is 11.4 Å². The first kappa shape index (κ1) is 14.9. The lowest BCUT2D eigenvalue weighted by molar-refractivity contribution is -0.00465. The van der Waals surface area contributed by atoms with E-state index in [0.29, 0.717) is 10.6 Å². The van der Waals surface area contributed by atoms with Gasteiger partial charge in [-0.3, -0.25) is 0 Å². The number of ether oxygens (including phenoxy) is 1. The van der Waals surface area contributed by atoms with Crippen LogP contribution in [0.4, 0.5) is 5.69 Å². The average Bonchev–Trinajstić information content (AvgIpc) is 2.46. The topological polar surface area (TPSA) is 71.1 Å². The van der Waals surface area contributed by atoms with Crippen molar-refractivity contribution in [2.75, 3.05) is 25.1 Å². The third-order valence-corrected chi connectivity index (χ3v) is 4.16. The molecule has 0 amide bonds. The Hall–Kier alpha value is -1.46. The normalized spacial score (nSPS) is 23.9. The molecule has 0 radical (unpaired) electrons. The van der Waals surface area contributed by atoms with Crippen LogP contribution in [-0.2, 0) is 4.74 Å². The largest absolute Gasteiger partial charge is 0.409 e. The predicted molar refractivity (Wildman–Crippen MR) is 80.8 cm³/mol. The minimum Gasteiger partial charge on any atom is -0.409 e. The standard InChI is InChI=1S/C14H20ClN3O2/c1-14(20-2)7-4-8-18(9-14)11-6-3-5-10(15)12(11)13(16)17-19/h3,5-6,19H,4,7-9H2,1-2H3,(H2,16,17). The lowest BCUT2D eigenvalue weighted by atomic mass is 9.93. The van der Waals surface area contributed by atoms with Gasteiger partial charge in [0.15, 0.2) is 5.84 Å². The fraction of sp³-hybridized carbons (Fsp3) is 0.500. The molecule has 20 heavy (non-hydrogen) atoms. The first-order chi connectivity index (χ1) is 9.50. The highest BCUT2D eigenvalue weighted by Gasteiger charge is 2.32. The molecule has 1 unspecified atom stereocenters. The third-order valence-electron chi connectivity index (χ3n) is 3.85. The van der Waals surface area contributed by atoms with E-state index in [2.05, 4.69) is 17.0 Å². The molecule has 1 aliphatic heterocycles. The van der Waals surface area contributed by atoms with E-state index in [9.17, 15) is 0 Å². The van der Waals surface area contributed by atoms with Crippen LogP contribution in [0.1, 0.15) is 25.3 Å². The van der Waals surface area contributed by atoms with E-state index in [0.717, 1.165) is 31.6 Å². The summed E-state index contributed by atoms with van der Waals surface area (Å²) < 4.78 is 5.60. The number of benzene rings is 1. The summed E-state index contributed by atoms with van der Waals surface area (Å²) in [7, 11) is 1.73. The predicted octanol–water partition coefficient (Wildman–Crippen LogP) is 2.44. The highest BCUT2D eigenvalue weighted by atomic mass is 35.5. The Kier molecular flexibility index (Phi) is 4.40. The number of rotatable bonds is 3. The van der Waals surface area contributed by atoms with Gasteiger partial charge in [0.2, 0.25) is 0 Å².